The molecule has 24 heavy (non-hydrogen) atoms. The highest BCUT2D eigenvalue weighted by atomic mass is 16.7. The number of ether oxygens (including phenoxy) is 2. The van der Waals surface area contributed by atoms with Crippen molar-refractivity contribution in [2.45, 2.75) is 26.8 Å². The predicted octanol–water partition coefficient (Wildman–Crippen LogP) is 2.66. The highest BCUT2D eigenvalue weighted by Crippen LogP contribution is 2.34. The van der Waals surface area contributed by atoms with E-state index in [4.69, 9.17) is 14.0 Å². The van der Waals surface area contributed by atoms with E-state index in [1.54, 1.807) is 25.2 Å². The zero-order valence-electron chi connectivity index (χ0n) is 13.9. The van der Waals surface area contributed by atoms with Gasteiger partial charge in [0, 0.05) is 25.2 Å². The first kappa shape index (κ1) is 16.1. The maximum Gasteiger partial charge on any atom is 0.321 e. The van der Waals surface area contributed by atoms with Crippen molar-refractivity contribution >= 4 is 11.7 Å². The van der Waals surface area contributed by atoms with E-state index in [2.05, 4.69) is 29.3 Å². The summed E-state index contributed by atoms with van der Waals surface area (Å²) in [6.45, 7) is 4.62. The molecule has 1 aromatic carbocycles. The normalized spacial score (nSPS) is 12.5. The van der Waals surface area contributed by atoms with Crippen LogP contribution in [-0.4, -0.2) is 34.9 Å². The fraction of sp³-hybridized carbons (Fsp3) is 0.438. The molecule has 8 heteroatoms. The van der Waals surface area contributed by atoms with E-state index < -0.39 is 0 Å². The molecule has 1 aromatic heterocycles. The van der Waals surface area contributed by atoms with Crippen LogP contribution in [0.5, 0.6) is 11.5 Å². The number of benzene rings is 1. The minimum Gasteiger partial charge on any atom is -0.454 e. The Bertz CT molecular complexity index is 729. The van der Waals surface area contributed by atoms with E-state index in [0.29, 0.717) is 34.8 Å². The van der Waals surface area contributed by atoms with Crippen molar-refractivity contribution in [3.05, 3.63) is 29.9 Å². The average Bonchev–Trinajstić information content (AvgIpc) is 3.15. The topological polar surface area (TPSA) is 89.7 Å². The lowest BCUT2D eigenvalue weighted by molar-refractivity contribution is 0.174. The first-order valence-electron chi connectivity index (χ1n) is 7.74. The number of anilines is 1. The van der Waals surface area contributed by atoms with Gasteiger partial charge in [-0.25, -0.2) is 4.79 Å². The van der Waals surface area contributed by atoms with Gasteiger partial charge in [-0.3, -0.25) is 0 Å². The van der Waals surface area contributed by atoms with Crippen molar-refractivity contribution in [2.75, 3.05) is 19.2 Å². The number of urea groups is 1. The summed E-state index contributed by atoms with van der Waals surface area (Å²) in [4.78, 5) is 18.0. The summed E-state index contributed by atoms with van der Waals surface area (Å²) >= 11 is 0. The molecule has 2 amide bonds. The third-order valence-electron chi connectivity index (χ3n) is 3.44. The van der Waals surface area contributed by atoms with Gasteiger partial charge in [0.25, 0.3) is 0 Å². The Morgan fingerprint density at radius 1 is 1.33 bits per heavy atom. The highest BCUT2D eigenvalue weighted by Gasteiger charge is 2.17. The Kier molecular flexibility index (Phi) is 4.54. The van der Waals surface area contributed by atoms with E-state index in [1.165, 1.54) is 4.90 Å². The van der Waals surface area contributed by atoms with Crippen molar-refractivity contribution in [1.29, 1.82) is 0 Å². The molecule has 0 radical (unpaired) electrons. The molecule has 8 nitrogen and oxygen atoms in total. The number of aromatic nitrogens is 2. The van der Waals surface area contributed by atoms with Crippen molar-refractivity contribution in [1.82, 2.24) is 15.0 Å². The second-order valence-electron chi connectivity index (χ2n) is 6.06. The lowest BCUT2D eigenvalue weighted by atomic mass is 10.1. The number of hydrogen-bond acceptors (Lipinski definition) is 6. The van der Waals surface area contributed by atoms with Crippen LogP contribution < -0.4 is 14.8 Å². The quantitative estimate of drug-likeness (QED) is 0.905. The van der Waals surface area contributed by atoms with Crippen molar-refractivity contribution in [3.8, 4) is 11.5 Å². The molecule has 128 valence electrons. The highest BCUT2D eigenvalue weighted by molar-refractivity contribution is 5.89. The molecule has 1 N–H and O–H groups in total. The molecule has 0 unspecified atom stereocenters. The number of hydrogen-bond donors (Lipinski definition) is 1. The van der Waals surface area contributed by atoms with Gasteiger partial charge in [0.15, 0.2) is 17.3 Å². The minimum absolute atomic E-state index is 0.198. The van der Waals surface area contributed by atoms with Crippen molar-refractivity contribution < 1.29 is 18.8 Å². The largest absolute Gasteiger partial charge is 0.454 e. The van der Waals surface area contributed by atoms with Crippen LogP contribution in [0, 0.1) is 5.92 Å². The van der Waals surface area contributed by atoms with E-state index in [9.17, 15) is 4.79 Å². The average molecular weight is 332 g/mol. The van der Waals surface area contributed by atoms with Crippen LogP contribution in [-0.2, 0) is 13.0 Å². The first-order chi connectivity index (χ1) is 11.5. The summed E-state index contributed by atoms with van der Waals surface area (Å²) in [5.41, 5.74) is 0.629. The second-order valence-corrected chi connectivity index (χ2v) is 6.06. The maximum absolute atomic E-state index is 12.3. The first-order valence-corrected chi connectivity index (χ1v) is 7.74. The number of carbonyl (C=O) groups is 1. The molecule has 0 saturated heterocycles. The molecule has 1 aliphatic heterocycles. The zero-order valence-corrected chi connectivity index (χ0v) is 13.9. The van der Waals surface area contributed by atoms with Crippen LogP contribution in [0.25, 0.3) is 0 Å². The second kappa shape index (κ2) is 6.77. The van der Waals surface area contributed by atoms with Crippen LogP contribution >= 0.6 is 0 Å². The van der Waals surface area contributed by atoms with Gasteiger partial charge >= 0.3 is 6.03 Å². The molecular formula is C16H20N4O4. The van der Waals surface area contributed by atoms with E-state index in [-0.39, 0.29) is 19.4 Å². The van der Waals surface area contributed by atoms with Gasteiger partial charge in [0.1, 0.15) is 0 Å². The summed E-state index contributed by atoms with van der Waals surface area (Å²) in [7, 11) is 1.67. The van der Waals surface area contributed by atoms with Gasteiger partial charge in [0.2, 0.25) is 12.7 Å². The molecule has 0 atom stereocenters. The standard InChI is InChI=1S/C16H20N4O4/c1-10(2)6-15-18-14(19-24-15)8-20(3)16(21)17-11-4-5-12-13(7-11)23-9-22-12/h4-5,7,10H,6,8-9H2,1-3H3,(H,17,21). The zero-order chi connectivity index (χ0) is 17.1. The molecular weight excluding hydrogens is 312 g/mol. The van der Waals surface area contributed by atoms with E-state index in [1.807, 2.05) is 0 Å². The number of amides is 2. The van der Waals surface area contributed by atoms with Gasteiger partial charge in [-0.15, -0.1) is 0 Å². The van der Waals surface area contributed by atoms with Gasteiger partial charge < -0.3 is 24.2 Å². The summed E-state index contributed by atoms with van der Waals surface area (Å²) in [6, 6.07) is 4.97. The number of rotatable bonds is 5. The predicted molar refractivity (Wildman–Crippen MR) is 85.9 cm³/mol. The third kappa shape index (κ3) is 3.76. The Hall–Kier alpha value is -2.77. The fourth-order valence-corrected chi connectivity index (χ4v) is 2.26. The molecule has 1 aliphatic rings. The fourth-order valence-electron chi connectivity index (χ4n) is 2.26. The minimum atomic E-state index is -0.274. The van der Waals surface area contributed by atoms with Crippen molar-refractivity contribution in [2.24, 2.45) is 5.92 Å². The van der Waals surface area contributed by atoms with Crippen LogP contribution in [0.15, 0.2) is 22.7 Å². The molecule has 0 spiro atoms. The van der Waals surface area contributed by atoms with Gasteiger partial charge in [-0.2, -0.15) is 4.98 Å². The lowest BCUT2D eigenvalue weighted by Gasteiger charge is -2.16. The van der Waals surface area contributed by atoms with Gasteiger partial charge in [-0.05, 0) is 18.1 Å². The Morgan fingerprint density at radius 3 is 2.92 bits per heavy atom. The van der Waals surface area contributed by atoms with Crippen molar-refractivity contribution in [3.63, 3.8) is 0 Å². The summed E-state index contributed by atoms with van der Waals surface area (Å²) in [5, 5.41) is 6.70. The van der Waals surface area contributed by atoms with Crippen LogP contribution in [0.2, 0.25) is 0 Å². The Labute approximate surface area is 139 Å². The number of nitrogens with one attached hydrogen (secondary N) is 1. The maximum atomic E-state index is 12.3. The number of fused-ring (bicyclic) bond motifs is 1. The number of nitrogens with zero attached hydrogens (tertiary/aromatic N) is 3. The molecule has 0 fully saturated rings. The van der Waals surface area contributed by atoms with Crippen LogP contribution in [0.4, 0.5) is 10.5 Å². The monoisotopic (exact) mass is 332 g/mol. The van der Waals surface area contributed by atoms with Gasteiger partial charge in [0.05, 0.1) is 6.54 Å². The Balaban J connectivity index is 1.57. The summed E-state index contributed by atoms with van der Waals surface area (Å²) < 4.78 is 15.7. The van der Waals surface area contributed by atoms with Crippen LogP contribution in [0.3, 0.4) is 0 Å². The molecule has 2 aromatic rings. The SMILES string of the molecule is CC(C)Cc1nc(CN(C)C(=O)Nc2ccc3c(c2)OCO3)no1. The molecule has 0 aliphatic carbocycles. The Morgan fingerprint density at radius 2 is 2.12 bits per heavy atom. The summed E-state index contributed by atoms with van der Waals surface area (Å²) in [5.74, 6) is 2.79. The van der Waals surface area contributed by atoms with E-state index in [0.717, 1.165) is 6.42 Å². The van der Waals surface area contributed by atoms with Crippen LogP contribution in [0.1, 0.15) is 25.6 Å². The van der Waals surface area contributed by atoms with E-state index >= 15 is 0 Å². The molecule has 3 rings (SSSR count). The summed E-state index contributed by atoms with van der Waals surface area (Å²) in [6.07, 6.45) is 0.722. The molecule has 2 heterocycles. The van der Waals surface area contributed by atoms with Gasteiger partial charge in [-0.1, -0.05) is 19.0 Å². The lowest BCUT2D eigenvalue weighted by Crippen LogP contribution is -2.31. The number of carbonyl (C=O) groups excluding carboxylic acids is 1. The third-order valence-corrected chi connectivity index (χ3v) is 3.44. The molecule has 0 bridgehead atoms. The smallest absolute Gasteiger partial charge is 0.321 e. The molecule has 0 saturated carbocycles.